The monoisotopic (exact) mass is 191 g/mol. The molecular weight excluding hydrogens is 174 g/mol. The van der Waals surface area contributed by atoms with Gasteiger partial charge in [-0.2, -0.15) is 0 Å². The first-order chi connectivity index (χ1) is 6.12. The van der Waals surface area contributed by atoms with Crippen molar-refractivity contribution in [1.29, 1.82) is 0 Å². The SMILES string of the molecule is CCC(=O)OC.CNCC(=O)OC. The van der Waals surface area contributed by atoms with E-state index in [0.717, 1.165) is 0 Å². The lowest BCUT2D eigenvalue weighted by molar-refractivity contribution is -0.140. The summed E-state index contributed by atoms with van der Waals surface area (Å²) in [4.78, 5) is 20.1. The molecule has 0 aliphatic carbocycles. The van der Waals surface area contributed by atoms with Crippen LogP contribution in [0.4, 0.5) is 0 Å². The molecule has 5 nitrogen and oxygen atoms in total. The summed E-state index contributed by atoms with van der Waals surface area (Å²) in [5, 5.41) is 2.64. The number of likely N-dealkylation sites (N-methyl/N-ethyl adjacent to an activating group) is 1. The largest absolute Gasteiger partial charge is 0.469 e. The van der Waals surface area contributed by atoms with Gasteiger partial charge in [0.2, 0.25) is 0 Å². The highest BCUT2D eigenvalue weighted by Crippen LogP contribution is 1.76. The van der Waals surface area contributed by atoms with E-state index in [2.05, 4.69) is 14.8 Å². The minimum atomic E-state index is -0.234. The van der Waals surface area contributed by atoms with E-state index in [0.29, 0.717) is 6.42 Å². The molecule has 0 radical (unpaired) electrons. The number of rotatable bonds is 3. The Hall–Kier alpha value is -1.10. The highest BCUT2D eigenvalue weighted by Gasteiger charge is 1.91. The van der Waals surface area contributed by atoms with Gasteiger partial charge in [0, 0.05) is 6.42 Å². The summed E-state index contributed by atoms with van der Waals surface area (Å²) >= 11 is 0. The van der Waals surface area contributed by atoms with Crippen LogP contribution in [0.25, 0.3) is 0 Å². The minimum absolute atomic E-state index is 0.157. The molecule has 13 heavy (non-hydrogen) atoms. The van der Waals surface area contributed by atoms with Crippen molar-refractivity contribution in [2.75, 3.05) is 27.8 Å². The molecule has 78 valence electrons. The molecule has 0 spiro atoms. The molecule has 0 fully saturated rings. The summed E-state index contributed by atoms with van der Waals surface area (Å²) in [6.07, 6.45) is 0.469. The fraction of sp³-hybridized carbons (Fsp3) is 0.750. The van der Waals surface area contributed by atoms with Crippen LogP contribution in [-0.4, -0.2) is 39.8 Å². The second-order valence-corrected chi connectivity index (χ2v) is 2.04. The fourth-order valence-electron chi connectivity index (χ4n) is 0.361. The van der Waals surface area contributed by atoms with Crippen molar-refractivity contribution in [2.45, 2.75) is 13.3 Å². The number of methoxy groups -OCH3 is 2. The maximum Gasteiger partial charge on any atom is 0.319 e. The zero-order chi connectivity index (χ0) is 10.7. The lowest BCUT2D eigenvalue weighted by Gasteiger charge is -1.93. The summed E-state index contributed by atoms with van der Waals surface area (Å²) in [5.74, 6) is -0.391. The van der Waals surface area contributed by atoms with Crippen LogP contribution in [0.15, 0.2) is 0 Å². The third kappa shape index (κ3) is 13.8. The molecule has 0 bridgehead atoms. The van der Waals surface area contributed by atoms with E-state index in [1.54, 1.807) is 14.0 Å². The molecule has 0 saturated carbocycles. The Labute approximate surface area is 78.4 Å². The molecule has 0 saturated heterocycles. The quantitative estimate of drug-likeness (QED) is 0.633. The Kier molecular flexibility index (Phi) is 12.1. The summed E-state index contributed by atoms with van der Waals surface area (Å²) in [5.41, 5.74) is 0. The zero-order valence-electron chi connectivity index (χ0n) is 8.55. The third-order valence-corrected chi connectivity index (χ3v) is 1.07. The Morgan fingerprint density at radius 3 is 1.69 bits per heavy atom. The van der Waals surface area contributed by atoms with Gasteiger partial charge in [-0.1, -0.05) is 6.92 Å². The van der Waals surface area contributed by atoms with Crippen LogP contribution in [0.1, 0.15) is 13.3 Å². The maximum absolute atomic E-state index is 10.1. The normalized spacial score (nSPS) is 8.00. The molecular formula is C8H17NO4. The lowest BCUT2D eigenvalue weighted by Crippen LogP contribution is -2.19. The molecule has 0 heterocycles. The summed E-state index contributed by atoms with van der Waals surface area (Å²) in [6.45, 7) is 2.04. The van der Waals surface area contributed by atoms with Gasteiger partial charge >= 0.3 is 11.9 Å². The number of hydrogen-bond acceptors (Lipinski definition) is 5. The first-order valence-electron chi connectivity index (χ1n) is 3.90. The molecule has 1 N–H and O–H groups in total. The van der Waals surface area contributed by atoms with Crippen LogP contribution in [-0.2, 0) is 19.1 Å². The standard InChI is InChI=1S/C4H9NO2.C4H8O2/c1-5-3-4(6)7-2;1-3-4(5)6-2/h5H,3H2,1-2H3;3H2,1-2H3. The third-order valence-electron chi connectivity index (χ3n) is 1.07. The summed E-state index contributed by atoms with van der Waals surface area (Å²) < 4.78 is 8.55. The average molecular weight is 191 g/mol. The van der Waals surface area contributed by atoms with Crippen molar-refractivity contribution in [3.8, 4) is 0 Å². The molecule has 0 aromatic carbocycles. The van der Waals surface area contributed by atoms with E-state index in [4.69, 9.17) is 0 Å². The number of carbonyl (C=O) groups is 2. The van der Waals surface area contributed by atoms with Gasteiger partial charge in [-0.05, 0) is 7.05 Å². The van der Waals surface area contributed by atoms with Crippen molar-refractivity contribution in [3.05, 3.63) is 0 Å². The number of hydrogen-bond donors (Lipinski definition) is 1. The van der Waals surface area contributed by atoms with Gasteiger partial charge in [0.25, 0.3) is 0 Å². The van der Waals surface area contributed by atoms with Gasteiger partial charge in [-0.15, -0.1) is 0 Å². The molecule has 0 aliphatic heterocycles. The highest BCUT2D eigenvalue weighted by atomic mass is 16.5. The Morgan fingerprint density at radius 2 is 1.62 bits per heavy atom. The number of ether oxygens (including phenoxy) is 2. The van der Waals surface area contributed by atoms with Gasteiger partial charge < -0.3 is 14.8 Å². The minimum Gasteiger partial charge on any atom is -0.469 e. The van der Waals surface area contributed by atoms with Gasteiger partial charge in [-0.25, -0.2) is 0 Å². The fourth-order valence-corrected chi connectivity index (χ4v) is 0.361. The smallest absolute Gasteiger partial charge is 0.319 e. The van der Waals surface area contributed by atoms with Crippen LogP contribution < -0.4 is 5.32 Å². The van der Waals surface area contributed by atoms with Gasteiger partial charge in [0.05, 0.1) is 20.8 Å². The number of carbonyl (C=O) groups excluding carboxylic acids is 2. The molecule has 0 aliphatic rings. The second-order valence-electron chi connectivity index (χ2n) is 2.04. The van der Waals surface area contributed by atoms with Crippen LogP contribution in [0, 0.1) is 0 Å². The lowest BCUT2D eigenvalue weighted by atomic mass is 10.5. The molecule has 0 aromatic heterocycles. The second kappa shape index (κ2) is 10.9. The van der Waals surface area contributed by atoms with Crippen LogP contribution in [0.2, 0.25) is 0 Å². The predicted octanol–water partition coefficient (Wildman–Crippen LogP) is -0.0518. The summed E-state index contributed by atoms with van der Waals surface area (Å²) in [7, 11) is 4.43. The first-order valence-corrected chi connectivity index (χ1v) is 3.90. The van der Waals surface area contributed by atoms with E-state index < -0.39 is 0 Å². The van der Waals surface area contributed by atoms with E-state index in [9.17, 15) is 9.59 Å². The van der Waals surface area contributed by atoms with Crippen molar-refractivity contribution in [2.24, 2.45) is 0 Å². The van der Waals surface area contributed by atoms with Gasteiger partial charge in [-0.3, -0.25) is 9.59 Å². The summed E-state index contributed by atoms with van der Waals surface area (Å²) in [6, 6.07) is 0. The number of esters is 2. The van der Waals surface area contributed by atoms with Crippen molar-refractivity contribution < 1.29 is 19.1 Å². The molecule has 0 unspecified atom stereocenters. The van der Waals surface area contributed by atoms with E-state index in [1.807, 2.05) is 0 Å². The molecule has 0 aromatic rings. The first kappa shape index (κ1) is 14.4. The van der Waals surface area contributed by atoms with Crippen molar-refractivity contribution in [3.63, 3.8) is 0 Å². The zero-order valence-corrected chi connectivity index (χ0v) is 8.55. The Bertz CT molecular complexity index is 141. The van der Waals surface area contributed by atoms with E-state index in [1.165, 1.54) is 14.2 Å². The van der Waals surface area contributed by atoms with Crippen LogP contribution >= 0.6 is 0 Å². The van der Waals surface area contributed by atoms with Crippen LogP contribution in [0.3, 0.4) is 0 Å². The average Bonchev–Trinajstić information content (AvgIpc) is 2.18. The van der Waals surface area contributed by atoms with Gasteiger partial charge in [0.1, 0.15) is 0 Å². The molecule has 0 amide bonds. The maximum atomic E-state index is 10.1. The van der Waals surface area contributed by atoms with Crippen LogP contribution in [0.5, 0.6) is 0 Å². The van der Waals surface area contributed by atoms with E-state index >= 15 is 0 Å². The van der Waals surface area contributed by atoms with E-state index in [-0.39, 0.29) is 18.5 Å². The molecule has 0 rings (SSSR count). The Morgan fingerprint density at radius 1 is 1.15 bits per heavy atom. The van der Waals surface area contributed by atoms with Crippen molar-refractivity contribution in [1.82, 2.24) is 5.32 Å². The highest BCUT2D eigenvalue weighted by molar-refractivity contribution is 5.71. The Balaban J connectivity index is 0. The predicted molar refractivity (Wildman–Crippen MR) is 48.2 cm³/mol. The van der Waals surface area contributed by atoms with Gasteiger partial charge in [0.15, 0.2) is 0 Å². The number of nitrogens with one attached hydrogen (secondary N) is 1. The molecule has 5 heteroatoms. The molecule has 0 atom stereocenters. The van der Waals surface area contributed by atoms with Crippen molar-refractivity contribution >= 4 is 11.9 Å². The topological polar surface area (TPSA) is 64.6 Å².